The number of hydrogen-bond acceptors (Lipinski definition) is 4. The van der Waals surface area contributed by atoms with Gasteiger partial charge in [-0.15, -0.1) is 0 Å². The molecule has 2 atom stereocenters. The summed E-state index contributed by atoms with van der Waals surface area (Å²) in [5.74, 6) is 3.26. The lowest BCUT2D eigenvalue weighted by Gasteiger charge is -2.29. The molecule has 1 saturated carbocycles. The third-order valence-corrected chi connectivity index (χ3v) is 6.41. The van der Waals surface area contributed by atoms with Gasteiger partial charge < -0.3 is 18.9 Å². The zero-order valence-corrected chi connectivity index (χ0v) is 17.1. The Morgan fingerprint density at radius 1 is 0.759 bits per heavy atom. The summed E-state index contributed by atoms with van der Waals surface area (Å²) in [4.78, 5) is 0. The van der Waals surface area contributed by atoms with Crippen molar-refractivity contribution < 1.29 is 18.9 Å². The SMILES string of the molecule is Cc1cc(C2CCC(c3ccc(OCC4CO4)cc3)CC2)ccc1OCC1CO1. The molecule has 4 nitrogen and oxygen atoms in total. The molecule has 154 valence electrons. The minimum absolute atomic E-state index is 0.303. The molecule has 2 unspecified atom stereocenters. The first kappa shape index (κ1) is 19.0. The quantitative estimate of drug-likeness (QED) is 0.592. The Morgan fingerprint density at radius 3 is 1.90 bits per heavy atom. The molecule has 2 aromatic carbocycles. The van der Waals surface area contributed by atoms with E-state index in [0.29, 0.717) is 37.3 Å². The molecule has 2 aromatic rings. The van der Waals surface area contributed by atoms with Gasteiger partial charge in [-0.25, -0.2) is 0 Å². The molecule has 3 aliphatic rings. The van der Waals surface area contributed by atoms with Gasteiger partial charge in [0.05, 0.1) is 13.2 Å². The van der Waals surface area contributed by atoms with E-state index in [-0.39, 0.29) is 0 Å². The van der Waals surface area contributed by atoms with E-state index in [4.69, 9.17) is 18.9 Å². The molecule has 0 bridgehead atoms. The fourth-order valence-corrected chi connectivity index (χ4v) is 4.39. The minimum atomic E-state index is 0.303. The highest BCUT2D eigenvalue weighted by atomic mass is 16.6. The second-order valence-electron chi connectivity index (χ2n) is 8.68. The van der Waals surface area contributed by atoms with E-state index >= 15 is 0 Å². The van der Waals surface area contributed by atoms with Crippen LogP contribution in [0.25, 0.3) is 0 Å². The van der Waals surface area contributed by atoms with Crippen molar-refractivity contribution in [1.82, 2.24) is 0 Å². The van der Waals surface area contributed by atoms with Crippen molar-refractivity contribution in [2.45, 2.75) is 56.7 Å². The molecule has 5 rings (SSSR count). The van der Waals surface area contributed by atoms with Crippen LogP contribution in [-0.2, 0) is 9.47 Å². The Balaban J connectivity index is 1.14. The summed E-state index contributed by atoms with van der Waals surface area (Å²) in [5.41, 5.74) is 4.14. The van der Waals surface area contributed by atoms with Crippen molar-refractivity contribution in [2.24, 2.45) is 0 Å². The second kappa shape index (κ2) is 8.37. The van der Waals surface area contributed by atoms with Crippen LogP contribution < -0.4 is 9.47 Å². The normalized spacial score (nSPS) is 28.0. The molecule has 29 heavy (non-hydrogen) atoms. The molecule has 0 N–H and O–H groups in total. The predicted octanol–water partition coefficient (Wildman–Crippen LogP) is 4.99. The third kappa shape index (κ3) is 4.93. The van der Waals surface area contributed by atoms with Gasteiger partial charge in [-0.2, -0.15) is 0 Å². The zero-order chi connectivity index (χ0) is 19.6. The van der Waals surface area contributed by atoms with E-state index in [2.05, 4.69) is 49.4 Å². The third-order valence-electron chi connectivity index (χ3n) is 6.41. The average molecular weight is 395 g/mol. The molecule has 3 fully saturated rings. The second-order valence-corrected chi connectivity index (χ2v) is 8.68. The molecular weight excluding hydrogens is 364 g/mol. The van der Waals surface area contributed by atoms with Gasteiger partial charge in [0.15, 0.2) is 0 Å². The summed E-state index contributed by atoms with van der Waals surface area (Å²) >= 11 is 0. The van der Waals surface area contributed by atoms with Crippen LogP contribution in [0.5, 0.6) is 11.5 Å². The van der Waals surface area contributed by atoms with Gasteiger partial charge >= 0.3 is 0 Å². The summed E-state index contributed by atoms with van der Waals surface area (Å²) in [7, 11) is 0. The topological polar surface area (TPSA) is 43.5 Å². The van der Waals surface area contributed by atoms with Crippen molar-refractivity contribution >= 4 is 0 Å². The van der Waals surface area contributed by atoms with Crippen LogP contribution in [0.3, 0.4) is 0 Å². The van der Waals surface area contributed by atoms with E-state index in [1.54, 1.807) is 0 Å². The fourth-order valence-electron chi connectivity index (χ4n) is 4.39. The number of aryl methyl sites for hydroxylation is 1. The van der Waals surface area contributed by atoms with Crippen LogP contribution in [0.1, 0.15) is 54.2 Å². The first-order valence-corrected chi connectivity index (χ1v) is 10.9. The van der Waals surface area contributed by atoms with Crippen LogP contribution in [0.2, 0.25) is 0 Å². The number of ether oxygens (including phenoxy) is 4. The maximum Gasteiger partial charge on any atom is 0.122 e. The van der Waals surface area contributed by atoms with Gasteiger partial charge in [0.1, 0.15) is 36.9 Å². The Morgan fingerprint density at radius 2 is 1.31 bits per heavy atom. The summed E-state index contributed by atoms with van der Waals surface area (Å²) in [5, 5.41) is 0. The lowest BCUT2D eigenvalue weighted by atomic mass is 9.76. The first-order valence-electron chi connectivity index (χ1n) is 10.9. The molecule has 2 aliphatic heterocycles. The van der Waals surface area contributed by atoms with E-state index < -0.39 is 0 Å². The summed E-state index contributed by atoms with van der Waals surface area (Å²) in [6.07, 6.45) is 5.60. The maximum atomic E-state index is 5.88. The number of hydrogen-bond donors (Lipinski definition) is 0. The van der Waals surface area contributed by atoms with E-state index in [1.165, 1.54) is 42.4 Å². The van der Waals surface area contributed by atoms with Gasteiger partial charge in [-0.1, -0.05) is 24.3 Å². The smallest absolute Gasteiger partial charge is 0.122 e. The Hall–Kier alpha value is -2.04. The van der Waals surface area contributed by atoms with Crippen molar-refractivity contribution in [3.05, 3.63) is 59.2 Å². The van der Waals surface area contributed by atoms with Crippen LogP contribution in [0.15, 0.2) is 42.5 Å². The highest BCUT2D eigenvalue weighted by Gasteiger charge is 2.26. The number of benzene rings is 2. The predicted molar refractivity (Wildman–Crippen MR) is 112 cm³/mol. The van der Waals surface area contributed by atoms with Crippen LogP contribution >= 0.6 is 0 Å². The maximum absolute atomic E-state index is 5.88. The van der Waals surface area contributed by atoms with Crippen LogP contribution in [0.4, 0.5) is 0 Å². The van der Waals surface area contributed by atoms with Crippen molar-refractivity contribution in [1.29, 1.82) is 0 Å². The molecule has 1 aliphatic carbocycles. The number of epoxide rings is 2. The van der Waals surface area contributed by atoms with Gasteiger partial charge in [0.2, 0.25) is 0 Å². The van der Waals surface area contributed by atoms with Gasteiger partial charge in [0.25, 0.3) is 0 Å². The molecule has 2 saturated heterocycles. The summed E-state index contributed by atoms with van der Waals surface area (Å²) in [6, 6.07) is 15.4. The van der Waals surface area contributed by atoms with E-state index in [9.17, 15) is 0 Å². The minimum Gasteiger partial charge on any atom is -0.491 e. The monoisotopic (exact) mass is 394 g/mol. The largest absolute Gasteiger partial charge is 0.491 e. The van der Waals surface area contributed by atoms with Gasteiger partial charge in [-0.3, -0.25) is 0 Å². The van der Waals surface area contributed by atoms with Gasteiger partial charge in [-0.05, 0) is 79.3 Å². The lowest BCUT2D eigenvalue weighted by molar-refractivity contribution is 0.261. The Labute approximate surface area is 173 Å². The van der Waals surface area contributed by atoms with Crippen molar-refractivity contribution in [3.63, 3.8) is 0 Å². The standard InChI is InChI=1S/C25H30O4/c1-17-12-21(8-11-25(17)29-16-24-15-28-24)20-4-2-18(3-5-20)19-6-9-22(10-7-19)26-13-23-14-27-23/h6-12,18,20,23-24H,2-5,13-16H2,1H3. The molecule has 2 heterocycles. The molecule has 0 aromatic heterocycles. The number of rotatable bonds is 8. The summed E-state index contributed by atoms with van der Waals surface area (Å²) in [6.45, 7) is 5.17. The molecular formula is C25H30O4. The van der Waals surface area contributed by atoms with Crippen molar-refractivity contribution in [3.8, 4) is 11.5 Å². The van der Waals surface area contributed by atoms with E-state index in [0.717, 1.165) is 24.7 Å². The highest BCUT2D eigenvalue weighted by molar-refractivity contribution is 5.38. The lowest BCUT2D eigenvalue weighted by Crippen LogP contribution is -2.12. The van der Waals surface area contributed by atoms with Gasteiger partial charge in [0, 0.05) is 0 Å². The van der Waals surface area contributed by atoms with Crippen molar-refractivity contribution in [2.75, 3.05) is 26.4 Å². The fraction of sp³-hybridized carbons (Fsp3) is 0.520. The Kier molecular flexibility index (Phi) is 5.47. The van der Waals surface area contributed by atoms with E-state index in [1.807, 2.05) is 0 Å². The molecule has 0 radical (unpaired) electrons. The molecule has 4 heteroatoms. The van der Waals surface area contributed by atoms with Crippen LogP contribution in [0, 0.1) is 6.92 Å². The average Bonchev–Trinajstić information content (AvgIpc) is 3.67. The summed E-state index contributed by atoms with van der Waals surface area (Å²) < 4.78 is 22.1. The highest BCUT2D eigenvalue weighted by Crippen LogP contribution is 2.41. The first-order chi connectivity index (χ1) is 14.2. The Bertz CT molecular complexity index is 815. The van der Waals surface area contributed by atoms with Crippen LogP contribution in [-0.4, -0.2) is 38.6 Å². The zero-order valence-electron chi connectivity index (χ0n) is 17.1. The molecule has 0 spiro atoms. The molecule has 0 amide bonds.